The highest BCUT2D eigenvalue weighted by molar-refractivity contribution is 8.03. The highest BCUT2D eigenvalue weighted by Gasteiger charge is 2.20. The van der Waals surface area contributed by atoms with Crippen molar-refractivity contribution in [3.63, 3.8) is 0 Å². The van der Waals surface area contributed by atoms with Gasteiger partial charge in [-0.05, 0) is 54.6 Å². The number of nitrogens with one attached hydrogen (secondary N) is 1. The molecule has 0 radical (unpaired) electrons. The van der Waals surface area contributed by atoms with Crippen molar-refractivity contribution in [3.05, 3.63) is 52.0 Å². The summed E-state index contributed by atoms with van der Waals surface area (Å²) in [5.74, 6) is 0. The monoisotopic (exact) mass is 372 g/mol. The van der Waals surface area contributed by atoms with Crippen LogP contribution in [0.3, 0.4) is 0 Å². The standard InChI is InChI=1S/C14H10Cl2N2O2S2/c1-9-7-10(21-8-17)5-6-12(9)18-22(19,20)13-4-2-3-11(15)14(13)16/h2-7,18H,1H3. The number of aryl methyl sites for hydroxylation is 1. The fraction of sp³-hybridized carbons (Fsp3) is 0.0714. The van der Waals surface area contributed by atoms with Crippen LogP contribution in [0.1, 0.15) is 5.56 Å². The van der Waals surface area contributed by atoms with Crippen molar-refractivity contribution in [2.45, 2.75) is 16.7 Å². The number of halogens is 2. The average Bonchev–Trinajstić information content (AvgIpc) is 2.45. The Morgan fingerprint density at radius 1 is 1.23 bits per heavy atom. The first-order valence-corrected chi connectivity index (χ1v) is 9.04. The van der Waals surface area contributed by atoms with Gasteiger partial charge in [-0.1, -0.05) is 29.3 Å². The van der Waals surface area contributed by atoms with Gasteiger partial charge < -0.3 is 0 Å². The second kappa shape index (κ2) is 6.80. The van der Waals surface area contributed by atoms with E-state index in [9.17, 15) is 8.42 Å². The van der Waals surface area contributed by atoms with Crippen molar-refractivity contribution in [2.24, 2.45) is 0 Å². The first-order valence-electron chi connectivity index (χ1n) is 5.98. The highest BCUT2D eigenvalue weighted by atomic mass is 35.5. The fourth-order valence-corrected chi connectivity index (χ4v) is 4.13. The number of nitrogens with zero attached hydrogens (tertiary/aromatic N) is 1. The topological polar surface area (TPSA) is 70.0 Å². The Morgan fingerprint density at radius 3 is 2.59 bits per heavy atom. The molecular weight excluding hydrogens is 363 g/mol. The maximum Gasteiger partial charge on any atom is 0.263 e. The molecule has 0 aliphatic carbocycles. The normalized spacial score (nSPS) is 11.0. The van der Waals surface area contributed by atoms with E-state index in [0.717, 1.165) is 16.7 Å². The van der Waals surface area contributed by atoms with Gasteiger partial charge in [0.2, 0.25) is 0 Å². The first kappa shape index (κ1) is 17.0. The lowest BCUT2D eigenvalue weighted by Crippen LogP contribution is -2.14. The molecule has 0 aromatic heterocycles. The van der Waals surface area contributed by atoms with E-state index in [1.807, 2.05) is 5.40 Å². The number of rotatable bonds is 4. The Bertz CT molecular complexity index is 862. The third kappa shape index (κ3) is 3.68. The first-order chi connectivity index (χ1) is 10.3. The molecule has 0 spiro atoms. The van der Waals surface area contributed by atoms with Gasteiger partial charge in [0.15, 0.2) is 0 Å². The van der Waals surface area contributed by atoms with E-state index in [1.54, 1.807) is 25.1 Å². The van der Waals surface area contributed by atoms with Crippen LogP contribution in [0.2, 0.25) is 10.0 Å². The summed E-state index contributed by atoms with van der Waals surface area (Å²) in [6.07, 6.45) is 0. The van der Waals surface area contributed by atoms with E-state index >= 15 is 0 Å². The molecule has 0 saturated carbocycles. The van der Waals surface area contributed by atoms with E-state index in [-0.39, 0.29) is 14.9 Å². The Kier molecular flexibility index (Phi) is 5.24. The molecule has 114 valence electrons. The van der Waals surface area contributed by atoms with E-state index < -0.39 is 10.0 Å². The van der Waals surface area contributed by atoms with Crippen LogP contribution >= 0.6 is 35.0 Å². The minimum Gasteiger partial charge on any atom is -0.279 e. The zero-order valence-electron chi connectivity index (χ0n) is 11.3. The number of hydrogen-bond donors (Lipinski definition) is 1. The van der Waals surface area contributed by atoms with Gasteiger partial charge in [0.1, 0.15) is 10.3 Å². The molecule has 0 atom stereocenters. The van der Waals surface area contributed by atoms with Crippen molar-refractivity contribution in [2.75, 3.05) is 4.72 Å². The van der Waals surface area contributed by atoms with Gasteiger partial charge in [0.25, 0.3) is 10.0 Å². The zero-order valence-corrected chi connectivity index (χ0v) is 14.4. The lowest BCUT2D eigenvalue weighted by atomic mass is 10.2. The Balaban J connectivity index is 2.37. The van der Waals surface area contributed by atoms with Crippen LogP contribution in [-0.4, -0.2) is 8.42 Å². The molecule has 0 aliphatic rings. The molecule has 2 rings (SSSR count). The summed E-state index contributed by atoms with van der Waals surface area (Å²) in [5.41, 5.74) is 1.11. The molecule has 0 heterocycles. The average molecular weight is 373 g/mol. The fourth-order valence-electron chi connectivity index (χ4n) is 1.76. The summed E-state index contributed by atoms with van der Waals surface area (Å²) in [6.45, 7) is 1.75. The molecule has 8 heteroatoms. The predicted molar refractivity (Wildman–Crippen MR) is 89.9 cm³/mol. The number of hydrogen-bond acceptors (Lipinski definition) is 4. The Labute approximate surface area is 143 Å². The third-order valence-corrected chi connectivity index (χ3v) is 5.73. The van der Waals surface area contributed by atoms with E-state index in [2.05, 4.69) is 4.72 Å². The van der Waals surface area contributed by atoms with E-state index in [4.69, 9.17) is 28.5 Å². The molecule has 22 heavy (non-hydrogen) atoms. The molecule has 0 aliphatic heterocycles. The quantitative estimate of drug-likeness (QED) is 0.624. The maximum atomic E-state index is 12.4. The molecule has 1 N–H and O–H groups in total. The van der Waals surface area contributed by atoms with Gasteiger partial charge in [0.05, 0.1) is 15.7 Å². The van der Waals surface area contributed by atoms with Crippen LogP contribution in [0, 0.1) is 17.6 Å². The van der Waals surface area contributed by atoms with Crippen LogP contribution in [0.4, 0.5) is 5.69 Å². The number of thiocyanates is 1. The molecule has 0 amide bonds. The van der Waals surface area contributed by atoms with Crippen molar-refractivity contribution >= 4 is 50.7 Å². The molecule has 2 aromatic carbocycles. The van der Waals surface area contributed by atoms with Crippen molar-refractivity contribution < 1.29 is 8.42 Å². The minimum atomic E-state index is -3.85. The van der Waals surface area contributed by atoms with Gasteiger partial charge in [-0.15, -0.1) is 0 Å². The molecule has 2 aromatic rings. The number of sulfonamides is 1. The molecule has 4 nitrogen and oxygen atoms in total. The van der Waals surface area contributed by atoms with Crippen LogP contribution in [0.15, 0.2) is 46.2 Å². The number of thioether (sulfide) groups is 1. The van der Waals surface area contributed by atoms with Gasteiger partial charge in [-0.2, -0.15) is 5.26 Å². The lowest BCUT2D eigenvalue weighted by molar-refractivity contribution is 0.601. The van der Waals surface area contributed by atoms with E-state index in [0.29, 0.717) is 11.3 Å². The van der Waals surface area contributed by atoms with Gasteiger partial charge in [0, 0.05) is 4.90 Å². The second-order valence-electron chi connectivity index (χ2n) is 4.33. The molecule has 0 bridgehead atoms. The number of anilines is 1. The Morgan fingerprint density at radius 2 is 1.95 bits per heavy atom. The molecule has 0 saturated heterocycles. The third-order valence-electron chi connectivity index (χ3n) is 2.81. The molecular formula is C14H10Cl2N2O2S2. The van der Waals surface area contributed by atoms with E-state index in [1.165, 1.54) is 18.2 Å². The van der Waals surface area contributed by atoms with Crippen LogP contribution in [-0.2, 0) is 10.0 Å². The summed E-state index contributed by atoms with van der Waals surface area (Å²) in [5, 5.41) is 10.8. The summed E-state index contributed by atoms with van der Waals surface area (Å²) < 4.78 is 27.3. The van der Waals surface area contributed by atoms with Crippen LogP contribution < -0.4 is 4.72 Å². The predicted octanol–water partition coefficient (Wildman–Crippen LogP) is 4.68. The van der Waals surface area contributed by atoms with Crippen LogP contribution in [0.25, 0.3) is 0 Å². The van der Waals surface area contributed by atoms with Gasteiger partial charge in [-0.3, -0.25) is 4.72 Å². The SMILES string of the molecule is Cc1cc(SC#N)ccc1NS(=O)(=O)c1cccc(Cl)c1Cl. The lowest BCUT2D eigenvalue weighted by Gasteiger charge is -2.12. The highest BCUT2D eigenvalue weighted by Crippen LogP contribution is 2.31. The second-order valence-corrected chi connectivity index (χ2v) is 7.62. The summed E-state index contributed by atoms with van der Waals surface area (Å²) in [6, 6.07) is 9.41. The van der Waals surface area contributed by atoms with Crippen molar-refractivity contribution in [3.8, 4) is 5.40 Å². The molecule has 0 unspecified atom stereocenters. The zero-order chi connectivity index (χ0) is 16.3. The largest absolute Gasteiger partial charge is 0.279 e. The number of nitriles is 1. The van der Waals surface area contributed by atoms with Crippen molar-refractivity contribution in [1.82, 2.24) is 0 Å². The summed E-state index contributed by atoms with van der Waals surface area (Å²) in [7, 11) is -3.85. The van der Waals surface area contributed by atoms with Gasteiger partial charge >= 0.3 is 0 Å². The number of benzene rings is 2. The van der Waals surface area contributed by atoms with Gasteiger partial charge in [-0.25, -0.2) is 8.42 Å². The summed E-state index contributed by atoms with van der Waals surface area (Å²) >= 11 is 12.8. The van der Waals surface area contributed by atoms with Crippen molar-refractivity contribution in [1.29, 1.82) is 5.26 Å². The smallest absolute Gasteiger partial charge is 0.263 e. The maximum absolute atomic E-state index is 12.4. The molecule has 0 fully saturated rings. The van der Waals surface area contributed by atoms with Crippen LogP contribution in [0.5, 0.6) is 0 Å². The Hall–Kier alpha value is -1.39. The summed E-state index contributed by atoms with van der Waals surface area (Å²) in [4.78, 5) is 0.653. The minimum absolute atomic E-state index is 0.0222.